The van der Waals surface area contributed by atoms with E-state index in [2.05, 4.69) is 0 Å². The van der Waals surface area contributed by atoms with Crippen LogP contribution in [-0.4, -0.2) is 26.6 Å². The lowest BCUT2D eigenvalue weighted by atomic mass is 9.79. The molecule has 9 nitrogen and oxygen atoms in total. The summed E-state index contributed by atoms with van der Waals surface area (Å²) < 4.78 is 12.4. The molecule has 0 spiro atoms. The number of nitrogens with two attached hydrogens (primary N) is 1. The molecule has 4 aromatic rings. The van der Waals surface area contributed by atoms with Crippen molar-refractivity contribution >= 4 is 28.5 Å². The van der Waals surface area contributed by atoms with Crippen LogP contribution in [0.2, 0.25) is 0 Å². The van der Waals surface area contributed by atoms with Gasteiger partial charge in [0.15, 0.2) is 5.78 Å². The van der Waals surface area contributed by atoms with E-state index in [4.69, 9.17) is 20.2 Å². The average Bonchev–Trinajstić information content (AvgIpc) is 3.32. The van der Waals surface area contributed by atoms with E-state index in [9.17, 15) is 19.5 Å². The zero-order valence-corrected chi connectivity index (χ0v) is 23.7. The summed E-state index contributed by atoms with van der Waals surface area (Å²) in [6.07, 6.45) is 1.47. The number of rotatable bonds is 8. The van der Waals surface area contributed by atoms with E-state index in [1.807, 2.05) is 13.8 Å². The minimum atomic E-state index is -1.32. The van der Waals surface area contributed by atoms with Crippen molar-refractivity contribution in [1.82, 2.24) is 9.55 Å². The third-order valence-electron chi connectivity index (χ3n) is 8.49. The maximum absolute atomic E-state index is 13.6. The van der Waals surface area contributed by atoms with Gasteiger partial charge in [-0.15, -0.1) is 0 Å². The molecular formula is C33H33N3O6. The van der Waals surface area contributed by atoms with Crippen LogP contribution in [0.5, 0.6) is 5.75 Å². The number of hydrogen-bond donors (Lipinski definition) is 2. The Bertz CT molecular complexity index is 1770. The molecule has 2 aromatic carbocycles. The summed E-state index contributed by atoms with van der Waals surface area (Å²) in [6.45, 7) is 4.28. The molecule has 6 rings (SSSR count). The molecule has 1 aliphatic heterocycles. The second kappa shape index (κ2) is 11.1. The topological polar surface area (TPSA) is 134 Å². The highest BCUT2D eigenvalue weighted by Crippen LogP contribution is 2.39. The van der Waals surface area contributed by atoms with Crippen molar-refractivity contribution in [3.63, 3.8) is 0 Å². The lowest BCUT2D eigenvalue weighted by Crippen LogP contribution is -2.31. The van der Waals surface area contributed by atoms with Crippen LogP contribution in [0.3, 0.4) is 0 Å². The number of carbonyl (C=O) groups excluding carboxylic acids is 2. The third kappa shape index (κ3) is 4.83. The molecule has 3 N–H and O–H groups in total. The Morgan fingerprint density at radius 2 is 1.81 bits per heavy atom. The average molecular weight is 568 g/mol. The number of benzene rings is 2. The Morgan fingerprint density at radius 1 is 1.07 bits per heavy atom. The Labute approximate surface area is 242 Å². The molecule has 3 heterocycles. The van der Waals surface area contributed by atoms with Crippen molar-refractivity contribution in [2.24, 2.45) is 5.92 Å². The van der Waals surface area contributed by atoms with Gasteiger partial charge in [-0.1, -0.05) is 32.4 Å². The van der Waals surface area contributed by atoms with Gasteiger partial charge in [0.1, 0.15) is 18.5 Å². The number of ketones is 1. The van der Waals surface area contributed by atoms with E-state index in [0.717, 1.165) is 41.3 Å². The zero-order chi connectivity index (χ0) is 29.5. The summed E-state index contributed by atoms with van der Waals surface area (Å²) in [4.78, 5) is 43.9. The van der Waals surface area contributed by atoms with Crippen LogP contribution in [0.1, 0.15) is 67.0 Å². The molecule has 0 amide bonds. The van der Waals surface area contributed by atoms with Gasteiger partial charge in [0, 0.05) is 28.1 Å². The fourth-order valence-electron chi connectivity index (χ4n) is 5.97. The quantitative estimate of drug-likeness (QED) is 0.148. The van der Waals surface area contributed by atoms with Crippen LogP contribution in [0.4, 0.5) is 10.5 Å². The van der Waals surface area contributed by atoms with E-state index in [1.54, 1.807) is 53.1 Å². The predicted molar refractivity (Wildman–Crippen MR) is 158 cm³/mol. The lowest BCUT2D eigenvalue weighted by Gasteiger charge is -2.27. The minimum Gasteiger partial charge on any atom is -0.429 e. The maximum atomic E-state index is 13.6. The van der Waals surface area contributed by atoms with E-state index in [1.165, 1.54) is 0 Å². The number of aryl methyl sites for hydroxylation is 1. The summed E-state index contributed by atoms with van der Waals surface area (Å²) in [5.41, 5.74) is 11.6. The summed E-state index contributed by atoms with van der Waals surface area (Å²) in [7, 11) is 0. The Hall–Kier alpha value is -4.50. The smallest absolute Gasteiger partial charge is 0.429 e. The number of nitrogen functional groups attached to an aromatic ring is 1. The number of fused-ring (bicyclic) bond motifs is 4. The van der Waals surface area contributed by atoms with Gasteiger partial charge in [-0.05, 0) is 78.8 Å². The van der Waals surface area contributed by atoms with Gasteiger partial charge in [-0.25, -0.2) is 9.78 Å². The van der Waals surface area contributed by atoms with Crippen molar-refractivity contribution in [3.05, 3.63) is 86.7 Å². The molecule has 1 aliphatic carbocycles. The van der Waals surface area contributed by atoms with Gasteiger partial charge in [0.2, 0.25) is 0 Å². The summed E-state index contributed by atoms with van der Waals surface area (Å²) >= 11 is 0. The highest BCUT2D eigenvalue weighted by atomic mass is 16.7. The Balaban J connectivity index is 1.32. The summed E-state index contributed by atoms with van der Waals surface area (Å²) in [5.74, 6) is -0.0333. The first-order valence-corrected chi connectivity index (χ1v) is 14.4. The first-order chi connectivity index (χ1) is 20.3. The molecule has 0 saturated heterocycles. The van der Waals surface area contributed by atoms with Crippen molar-refractivity contribution in [2.45, 2.75) is 65.2 Å². The van der Waals surface area contributed by atoms with Gasteiger partial charge in [-0.3, -0.25) is 9.59 Å². The molecule has 2 aliphatic rings. The normalized spacial score (nSPS) is 14.6. The Kier molecular flexibility index (Phi) is 7.28. The van der Waals surface area contributed by atoms with Crippen LogP contribution in [-0.2, 0) is 35.5 Å². The van der Waals surface area contributed by atoms with Crippen molar-refractivity contribution < 1.29 is 24.2 Å². The van der Waals surface area contributed by atoms with Gasteiger partial charge in [0.05, 0.1) is 23.4 Å². The third-order valence-corrected chi connectivity index (χ3v) is 8.49. The fourth-order valence-corrected chi connectivity index (χ4v) is 5.97. The number of pyridine rings is 2. The van der Waals surface area contributed by atoms with Crippen LogP contribution < -0.4 is 16.0 Å². The van der Waals surface area contributed by atoms with Crippen molar-refractivity contribution in [2.75, 3.05) is 5.73 Å². The minimum absolute atomic E-state index is 0.0532. The number of aliphatic hydroxyl groups excluding tert-OH is 1. The number of hydrogen-bond acceptors (Lipinski definition) is 8. The second-order valence-electron chi connectivity index (χ2n) is 11.0. The van der Waals surface area contributed by atoms with Crippen molar-refractivity contribution in [1.29, 1.82) is 0 Å². The number of ether oxygens (including phenoxy) is 2. The molecule has 9 heteroatoms. The first-order valence-electron chi connectivity index (χ1n) is 14.4. The molecule has 1 atom stereocenters. The first kappa shape index (κ1) is 27.7. The van der Waals surface area contributed by atoms with E-state index >= 15 is 0 Å². The molecule has 1 saturated carbocycles. The maximum Gasteiger partial charge on any atom is 0.514 e. The molecule has 0 radical (unpaired) electrons. The molecule has 2 aromatic heterocycles. The van der Waals surface area contributed by atoms with E-state index < -0.39 is 12.3 Å². The van der Waals surface area contributed by atoms with Gasteiger partial charge < -0.3 is 24.9 Å². The number of nitrogens with zero attached hydrogens (tertiary/aromatic N) is 2. The monoisotopic (exact) mass is 567 g/mol. The number of aliphatic hydroxyl groups is 1. The standard InChI is InChI=1S/C33H33N3O6/c1-3-22-24-14-21(42-33(40)41-17-18-8-10-20(34)11-9-18)12-13-27(24)35-29-26(22)16-36-28(29)15-25(23(4-2)32(36)39)31(38)30(37)19-6-5-7-19/h8-15,19,31,38H,3-7,16-17,34H2,1-2H3. The number of aromatic nitrogens is 2. The van der Waals surface area contributed by atoms with E-state index in [0.29, 0.717) is 58.9 Å². The van der Waals surface area contributed by atoms with Gasteiger partial charge >= 0.3 is 6.16 Å². The van der Waals surface area contributed by atoms with Gasteiger partial charge in [-0.2, -0.15) is 0 Å². The summed E-state index contributed by atoms with van der Waals surface area (Å²) in [6, 6.07) is 14.0. The van der Waals surface area contributed by atoms with Crippen LogP contribution >= 0.6 is 0 Å². The molecule has 1 unspecified atom stereocenters. The van der Waals surface area contributed by atoms with Crippen LogP contribution in [0, 0.1) is 5.92 Å². The molecule has 42 heavy (non-hydrogen) atoms. The van der Waals surface area contributed by atoms with Crippen LogP contribution in [0.25, 0.3) is 22.3 Å². The summed E-state index contributed by atoms with van der Waals surface area (Å²) in [5, 5.41) is 11.9. The lowest BCUT2D eigenvalue weighted by molar-refractivity contribution is -0.134. The molecule has 1 fully saturated rings. The van der Waals surface area contributed by atoms with Crippen molar-refractivity contribution in [3.8, 4) is 17.1 Å². The predicted octanol–water partition coefficient (Wildman–Crippen LogP) is 5.25. The molecular weight excluding hydrogens is 534 g/mol. The number of anilines is 1. The SMILES string of the molecule is CCc1c(C(O)C(=O)C2CCC2)cc2n(c1=O)Cc1c-2nc2ccc(OC(=O)OCc3ccc(N)cc3)cc2c1CC. The van der Waals surface area contributed by atoms with Gasteiger partial charge in [0.25, 0.3) is 5.56 Å². The number of carbonyl (C=O) groups is 2. The van der Waals surface area contributed by atoms with E-state index in [-0.39, 0.29) is 23.9 Å². The largest absolute Gasteiger partial charge is 0.514 e. The van der Waals surface area contributed by atoms with Crippen LogP contribution in [0.15, 0.2) is 53.3 Å². The second-order valence-corrected chi connectivity index (χ2v) is 11.0. The fraction of sp³-hybridized carbons (Fsp3) is 0.333. The number of Topliss-reactive ketones (excluding diaryl/α,β-unsaturated/α-hetero) is 1. The highest BCUT2D eigenvalue weighted by Gasteiger charge is 2.35. The highest BCUT2D eigenvalue weighted by molar-refractivity contribution is 5.90. The zero-order valence-electron chi connectivity index (χ0n) is 23.7. The Morgan fingerprint density at radius 3 is 2.48 bits per heavy atom. The molecule has 216 valence electrons. The molecule has 0 bridgehead atoms.